The third-order valence-electron chi connectivity index (χ3n) is 5.46. The van der Waals surface area contributed by atoms with Gasteiger partial charge < -0.3 is 15.0 Å². The standard InChI is InChI=1S/C25H30N4O2/c1-31-18-8-13-27-20-23(19-26)25(30)29-16-14-28(15-17-29)24(21-9-4-2-5-10-21)22-11-6-3-7-12-22/h2-7,9-12,20,24,27H,8,13-18H2,1H3/b23-20-. The fourth-order valence-corrected chi connectivity index (χ4v) is 3.87. The number of ether oxygens (including phenoxy) is 1. The highest BCUT2D eigenvalue weighted by Gasteiger charge is 2.29. The van der Waals surface area contributed by atoms with E-state index in [0.717, 1.165) is 19.5 Å². The first kappa shape index (κ1) is 22.5. The molecule has 162 valence electrons. The largest absolute Gasteiger partial charge is 0.390 e. The zero-order valence-electron chi connectivity index (χ0n) is 18.0. The van der Waals surface area contributed by atoms with Crippen LogP contribution in [-0.2, 0) is 9.53 Å². The van der Waals surface area contributed by atoms with Gasteiger partial charge >= 0.3 is 0 Å². The Bertz CT molecular complexity index is 845. The second kappa shape index (κ2) is 11.9. The summed E-state index contributed by atoms with van der Waals surface area (Å²) in [5.41, 5.74) is 2.63. The number of nitriles is 1. The van der Waals surface area contributed by atoms with Crippen molar-refractivity contribution in [2.24, 2.45) is 0 Å². The van der Waals surface area contributed by atoms with Crippen molar-refractivity contribution in [1.29, 1.82) is 5.26 Å². The smallest absolute Gasteiger partial charge is 0.266 e. The van der Waals surface area contributed by atoms with Crippen LogP contribution in [0.15, 0.2) is 72.4 Å². The Morgan fingerprint density at radius 1 is 1.06 bits per heavy atom. The van der Waals surface area contributed by atoms with E-state index >= 15 is 0 Å². The molecule has 0 bridgehead atoms. The maximum atomic E-state index is 12.8. The molecule has 0 aromatic heterocycles. The molecule has 2 aromatic carbocycles. The maximum Gasteiger partial charge on any atom is 0.266 e. The van der Waals surface area contributed by atoms with Crippen molar-refractivity contribution in [1.82, 2.24) is 15.1 Å². The van der Waals surface area contributed by atoms with E-state index in [-0.39, 0.29) is 17.5 Å². The van der Waals surface area contributed by atoms with E-state index in [1.54, 1.807) is 12.0 Å². The molecule has 0 spiro atoms. The van der Waals surface area contributed by atoms with E-state index in [1.165, 1.54) is 17.3 Å². The van der Waals surface area contributed by atoms with Gasteiger partial charge in [-0.2, -0.15) is 5.26 Å². The summed E-state index contributed by atoms with van der Waals surface area (Å²) in [6.45, 7) is 3.99. The fraction of sp³-hybridized carbons (Fsp3) is 0.360. The third kappa shape index (κ3) is 6.17. The molecule has 0 saturated carbocycles. The number of carbonyl (C=O) groups is 1. The van der Waals surface area contributed by atoms with Crippen molar-refractivity contribution in [3.63, 3.8) is 0 Å². The lowest BCUT2D eigenvalue weighted by atomic mass is 9.96. The summed E-state index contributed by atoms with van der Waals surface area (Å²) in [6, 6.07) is 23.1. The monoisotopic (exact) mass is 418 g/mol. The zero-order chi connectivity index (χ0) is 21.9. The Kier molecular flexibility index (Phi) is 8.65. The van der Waals surface area contributed by atoms with Crippen LogP contribution in [0.2, 0.25) is 0 Å². The molecule has 0 aliphatic carbocycles. The van der Waals surface area contributed by atoms with E-state index in [0.29, 0.717) is 26.2 Å². The molecule has 1 fully saturated rings. The molecule has 1 saturated heterocycles. The molecule has 0 atom stereocenters. The molecule has 0 radical (unpaired) electrons. The summed E-state index contributed by atoms with van der Waals surface area (Å²) in [5, 5.41) is 12.5. The van der Waals surface area contributed by atoms with Gasteiger partial charge in [-0.25, -0.2) is 0 Å². The molecule has 1 aliphatic rings. The van der Waals surface area contributed by atoms with Crippen LogP contribution in [0.25, 0.3) is 0 Å². The van der Waals surface area contributed by atoms with Crippen molar-refractivity contribution in [2.45, 2.75) is 12.5 Å². The van der Waals surface area contributed by atoms with Crippen LogP contribution in [0.3, 0.4) is 0 Å². The van der Waals surface area contributed by atoms with Gasteiger partial charge in [0.1, 0.15) is 11.6 Å². The fourth-order valence-electron chi connectivity index (χ4n) is 3.87. The van der Waals surface area contributed by atoms with Gasteiger partial charge in [0.2, 0.25) is 0 Å². The lowest BCUT2D eigenvalue weighted by molar-refractivity contribution is -0.128. The molecule has 2 aromatic rings. The molecule has 0 unspecified atom stereocenters. The van der Waals surface area contributed by atoms with Gasteiger partial charge in [-0.15, -0.1) is 0 Å². The van der Waals surface area contributed by atoms with Gasteiger partial charge in [0.05, 0.1) is 6.04 Å². The summed E-state index contributed by atoms with van der Waals surface area (Å²) in [6.07, 6.45) is 2.35. The van der Waals surface area contributed by atoms with Crippen LogP contribution in [0, 0.1) is 11.3 Å². The molecule has 3 rings (SSSR count). The van der Waals surface area contributed by atoms with Crippen LogP contribution in [-0.4, -0.2) is 62.1 Å². The number of amides is 1. The summed E-state index contributed by atoms with van der Waals surface area (Å²) in [5.74, 6) is -0.211. The minimum absolute atomic E-state index is 0.146. The van der Waals surface area contributed by atoms with Gasteiger partial charge in [0, 0.05) is 52.6 Å². The second-order valence-corrected chi connectivity index (χ2v) is 7.52. The Morgan fingerprint density at radius 3 is 2.16 bits per heavy atom. The lowest BCUT2D eigenvalue weighted by Gasteiger charge is -2.39. The predicted molar refractivity (Wildman–Crippen MR) is 121 cm³/mol. The Morgan fingerprint density at radius 2 is 1.65 bits per heavy atom. The summed E-state index contributed by atoms with van der Waals surface area (Å²) < 4.78 is 5.01. The average molecular weight is 419 g/mol. The maximum absolute atomic E-state index is 12.8. The summed E-state index contributed by atoms with van der Waals surface area (Å²) in [7, 11) is 1.65. The zero-order valence-corrected chi connectivity index (χ0v) is 18.0. The Labute approximate surface area is 184 Å². The first-order chi connectivity index (χ1) is 15.2. The first-order valence-electron chi connectivity index (χ1n) is 10.7. The van der Waals surface area contributed by atoms with E-state index in [4.69, 9.17) is 4.74 Å². The van der Waals surface area contributed by atoms with E-state index in [2.05, 4.69) is 58.7 Å². The van der Waals surface area contributed by atoms with Crippen molar-refractivity contribution < 1.29 is 9.53 Å². The number of hydrogen-bond acceptors (Lipinski definition) is 5. The first-order valence-corrected chi connectivity index (χ1v) is 10.7. The van der Waals surface area contributed by atoms with Crippen LogP contribution >= 0.6 is 0 Å². The minimum atomic E-state index is -0.211. The molecule has 1 heterocycles. The third-order valence-corrected chi connectivity index (χ3v) is 5.46. The van der Waals surface area contributed by atoms with Crippen LogP contribution in [0.5, 0.6) is 0 Å². The normalized spacial score (nSPS) is 15.0. The van der Waals surface area contributed by atoms with Crippen LogP contribution < -0.4 is 5.32 Å². The van der Waals surface area contributed by atoms with Gasteiger partial charge in [0.15, 0.2) is 0 Å². The van der Waals surface area contributed by atoms with Crippen LogP contribution in [0.1, 0.15) is 23.6 Å². The number of methoxy groups -OCH3 is 1. The molecule has 6 nitrogen and oxygen atoms in total. The van der Waals surface area contributed by atoms with Gasteiger partial charge in [0.25, 0.3) is 5.91 Å². The SMILES string of the molecule is COCCCN/C=C(/C#N)C(=O)N1CCN(C(c2ccccc2)c2ccccc2)CC1. The lowest BCUT2D eigenvalue weighted by Crippen LogP contribution is -2.50. The minimum Gasteiger partial charge on any atom is -0.390 e. The quantitative estimate of drug-likeness (QED) is 0.385. The molecule has 1 amide bonds. The van der Waals surface area contributed by atoms with Crippen molar-refractivity contribution in [3.05, 3.63) is 83.6 Å². The highest BCUT2D eigenvalue weighted by Crippen LogP contribution is 2.29. The summed E-state index contributed by atoms with van der Waals surface area (Å²) in [4.78, 5) is 17.0. The molecular formula is C25H30N4O2. The van der Waals surface area contributed by atoms with E-state index in [9.17, 15) is 10.1 Å². The predicted octanol–water partition coefficient (Wildman–Crippen LogP) is 2.95. The van der Waals surface area contributed by atoms with Gasteiger partial charge in [-0.05, 0) is 17.5 Å². The molecular weight excluding hydrogens is 388 g/mol. The number of piperazine rings is 1. The number of hydrogen-bond donors (Lipinski definition) is 1. The van der Waals surface area contributed by atoms with Crippen molar-refractivity contribution in [3.8, 4) is 6.07 Å². The van der Waals surface area contributed by atoms with E-state index in [1.807, 2.05) is 18.2 Å². The average Bonchev–Trinajstić information content (AvgIpc) is 2.83. The number of nitrogens with zero attached hydrogens (tertiary/aromatic N) is 3. The van der Waals surface area contributed by atoms with Crippen molar-refractivity contribution in [2.75, 3.05) is 46.4 Å². The number of nitrogens with one attached hydrogen (secondary N) is 1. The topological polar surface area (TPSA) is 68.6 Å². The molecule has 1 N–H and O–H groups in total. The van der Waals surface area contributed by atoms with Crippen molar-refractivity contribution >= 4 is 5.91 Å². The van der Waals surface area contributed by atoms with Gasteiger partial charge in [-0.3, -0.25) is 9.69 Å². The molecule has 31 heavy (non-hydrogen) atoms. The molecule has 1 aliphatic heterocycles. The Balaban J connectivity index is 1.65. The second-order valence-electron chi connectivity index (χ2n) is 7.52. The number of rotatable bonds is 9. The van der Waals surface area contributed by atoms with E-state index < -0.39 is 0 Å². The number of benzene rings is 2. The molecule has 6 heteroatoms. The summed E-state index contributed by atoms with van der Waals surface area (Å²) >= 11 is 0. The highest BCUT2D eigenvalue weighted by atomic mass is 16.5. The van der Waals surface area contributed by atoms with Crippen LogP contribution in [0.4, 0.5) is 0 Å². The number of carbonyl (C=O) groups excluding carboxylic acids is 1. The highest BCUT2D eigenvalue weighted by molar-refractivity contribution is 5.97. The Hall–Kier alpha value is -3.14. The van der Waals surface area contributed by atoms with Gasteiger partial charge in [-0.1, -0.05) is 60.7 Å².